The zero-order chi connectivity index (χ0) is 21.8. The number of amides is 2. The summed E-state index contributed by atoms with van der Waals surface area (Å²) in [6, 6.07) is 5.60. The number of halogens is 1. The molecule has 1 saturated carbocycles. The molecule has 1 aromatic heterocycles. The number of ether oxygens (including phenoxy) is 1. The van der Waals surface area contributed by atoms with Gasteiger partial charge in [-0.25, -0.2) is 4.39 Å². The predicted octanol–water partition coefficient (Wildman–Crippen LogP) is 3.60. The number of hydrogen-bond acceptors (Lipinski definition) is 4. The van der Waals surface area contributed by atoms with Gasteiger partial charge < -0.3 is 15.0 Å². The number of hydrogen-bond donors (Lipinski definition) is 1. The lowest BCUT2D eigenvalue weighted by Gasteiger charge is -2.31. The van der Waals surface area contributed by atoms with Gasteiger partial charge in [-0.15, -0.1) is 0 Å². The minimum absolute atomic E-state index is 0.119. The maximum absolute atomic E-state index is 14.3. The van der Waals surface area contributed by atoms with E-state index in [1.54, 1.807) is 36.2 Å². The molecule has 2 aromatic rings. The van der Waals surface area contributed by atoms with Gasteiger partial charge in [0.2, 0.25) is 5.91 Å². The molecule has 0 saturated heterocycles. The van der Waals surface area contributed by atoms with Crippen LogP contribution >= 0.6 is 0 Å². The highest BCUT2D eigenvalue weighted by atomic mass is 19.1. The highest BCUT2D eigenvalue weighted by molar-refractivity contribution is 6.03. The van der Waals surface area contributed by atoms with Crippen LogP contribution in [0.3, 0.4) is 0 Å². The highest BCUT2D eigenvalue weighted by Crippen LogP contribution is 2.33. The molecule has 0 radical (unpaired) electrons. The molecule has 4 rings (SSSR count). The van der Waals surface area contributed by atoms with E-state index in [0.29, 0.717) is 42.4 Å². The number of aromatic nitrogens is 2. The van der Waals surface area contributed by atoms with Crippen LogP contribution in [0.5, 0.6) is 0 Å². The van der Waals surface area contributed by atoms with E-state index in [-0.39, 0.29) is 18.4 Å². The van der Waals surface area contributed by atoms with Gasteiger partial charge in [-0.1, -0.05) is 38.2 Å². The fraction of sp³-hybridized carbons (Fsp3) is 0.522. The predicted molar refractivity (Wildman–Crippen MR) is 114 cm³/mol. The number of nitrogens with one attached hydrogen (secondary N) is 1. The molecule has 2 aliphatic rings. The Morgan fingerprint density at radius 2 is 2.10 bits per heavy atom. The Labute approximate surface area is 181 Å². The highest BCUT2D eigenvalue weighted by Gasteiger charge is 2.39. The van der Waals surface area contributed by atoms with Crippen molar-refractivity contribution in [3.05, 3.63) is 47.4 Å². The second-order valence-electron chi connectivity index (χ2n) is 8.40. The zero-order valence-electron chi connectivity index (χ0n) is 17.8. The molecule has 1 atom stereocenters. The van der Waals surface area contributed by atoms with E-state index in [0.717, 1.165) is 25.7 Å². The van der Waals surface area contributed by atoms with Crippen LogP contribution in [0, 0.1) is 11.7 Å². The van der Waals surface area contributed by atoms with Crippen molar-refractivity contribution < 1.29 is 18.7 Å². The normalized spacial score (nSPS) is 17.6. The number of anilines is 1. The zero-order valence-corrected chi connectivity index (χ0v) is 17.8. The summed E-state index contributed by atoms with van der Waals surface area (Å²) < 4.78 is 21.1. The van der Waals surface area contributed by atoms with Crippen LogP contribution in [0.2, 0.25) is 0 Å². The van der Waals surface area contributed by atoms with E-state index in [1.165, 1.54) is 17.4 Å². The number of rotatable bonds is 8. The van der Waals surface area contributed by atoms with E-state index in [2.05, 4.69) is 10.4 Å². The van der Waals surface area contributed by atoms with Crippen LogP contribution in [0.4, 0.5) is 10.2 Å². The number of benzene rings is 1. The maximum Gasteiger partial charge on any atom is 0.255 e. The lowest BCUT2D eigenvalue weighted by molar-refractivity contribution is -0.121. The first kappa shape index (κ1) is 21.5. The molecule has 2 amide bonds. The van der Waals surface area contributed by atoms with Crippen molar-refractivity contribution in [3.63, 3.8) is 0 Å². The molecule has 0 bridgehead atoms. The summed E-state index contributed by atoms with van der Waals surface area (Å²) in [7, 11) is 1.62. The summed E-state index contributed by atoms with van der Waals surface area (Å²) >= 11 is 0. The third kappa shape index (κ3) is 4.79. The average Bonchev–Trinajstić information content (AvgIpc) is 3.36. The van der Waals surface area contributed by atoms with Crippen molar-refractivity contribution in [2.24, 2.45) is 5.92 Å². The van der Waals surface area contributed by atoms with Gasteiger partial charge in [-0.3, -0.25) is 14.3 Å². The first-order chi connectivity index (χ1) is 15.1. The van der Waals surface area contributed by atoms with Crippen LogP contribution in [0.25, 0.3) is 0 Å². The Balaban J connectivity index is 1.53. The van der Waals surface area contributed by atoms with Gasteiger partial charge in [-0.2, -0.15) is 5.10 Å². The van der Waals surface area contributed by atoms with E-state index < -0.39 is 11.9 Å². The quantitative estimate of drug-likeness (QED) is 0.697. The Hall–Kier alpha value is -2.74. The first-order valence-electron chi connectivity index (χ1n) is 11.0. The molecule has 1 fully saturated rings. The van der Waals surface area contributed by atoms with Crippen molar-refractivity contribution in [2.45, 2.75) is 57.7 Å². The summed E-state index contributed by atoms with van der Waals surface area (Å²) in [5.74, 6) is -0.141. The number of nitrogens with zero attached hydrogens (tertiary/aromatic N) is 3. The molecule has 8 heteroatoms. The maximum atomic E-state index is 14.3. The monoisotopic (exact) mass is 428 g/mol. The van der Waals surface area contributed by atoms with Gasteiger partial charge in [0.15, 0.2) is 5.82 Å². The molecule has 166 valence electrons. The van der Waals surface area contributed by atoms with Gasteiger partial charge in [0.25, 0.3) is 5.91 Å². The molecular formula is C23H29FN4O3. The third-order valence-electron chi connectivity index (χ3n) is 6.32. The standard InChI is InChI=1S/C23H29FN4O3/c1-31-13-12-27-11-10-21(26-27)25-22(29)20(14-16-6-3-2-4-7-16)28-15-18-17(23(28)30)8-5-9-19(18)24/h5,8-11,16,20H,2-4,6-7,12-15H2,1H3,(H,25,26,29)/t20-/m0/s1. The van der Waals surface area contributed by atoms with Crippen molar-refractivity contribution in [2.75, 3.05) is 19.0 Å². The third-order valence-corrected chi connectivity index (χ3v) is 6.32. The Kier molecular flexibility index (Phi) is 6.65. The van der Waals surface area contributed by atoms with Crippen molar-refractivity contribution in [1.82, 2.24) is 14.7 Å². The van der Waals surface area contributed by atoms with E-state index >= 15 is 0 Å². The molecule has 2 heterocycles. The van der Waals surface area contributed by atoms with Crippen LogP contribution in [-0.2, 0) is 22.6 Å². The molecular weight excluding hydrogens is 399 g/mol. The minimum Gasteiger partial charge on any atom is -0.383 e. The van der Waals surface area contributed by atoms with E-state index in [1.807, 2.05) is 0 Å². The van der Waals surface area contributed by atoms with Gasteiger partial charge in [0.05, 0.1) is 19.7 Å². The van der Waals surface area contributed by atoms with E-state index in [9.17, 15) is 14.0 Å². The fourth-order valence-corrected chi connectivity index (χ4v) is 4.63. The minimum atomic E-state index is -0.661. The van der Waals surface area contributed by atoms with Gasteiger partial charge >= 0.3 is 0 Å². The largest absolute Gasteiger partial charge is 0.383 e. The molecule has 1 aliphatic heterocycles. The van der Waals surface area contributed by atoms with Gasteiger partial charge in [0, 0.05) is 30.5 Å². The molecule has 1 aromatic carbocycles. The van der Waals surface area contributed by atoms with Crippen molar-refractivity contribution in [1.29, 1.82) is 0 Å². The Morgan fingerprint density at radius 3 is 2.84 bits per heavy atom. The molecule has 7 nitrogen and oxygen atoms in total. The van der Waals surface area contributed by atoms with Crippen molar-refractivity contribution in [3.8, 4) is 0 Å². The molecule has 1 N–H and O–H groups in total. The lowest BCUT2D eigenvalue weighted by Crippen LogP contribution is -2.45. The number of methoxy groups -OCH3 is 1. The summed E-state index contributed by atoms with van der Waals surface area (Å²) in [5.41, 5.74) is 0.725. The van der Waals surface area contributed by atoms with Gasteiger partial charge in [0.1, 0.15) is 11.9 Å². The lowest BCUT2D eigenvalue weighted by atomic mass is 9.84. The summed E-state index contributed by atoms with van der Waals surface area (Å²) in [6.07, 6.45) is 7.97. The summed E-state index contributed by atoms with van der Waals surface area (Å²) in [6.45, 7) is 1.22. The SMILES string of the molecule is COCCn1ccc(NC(=O)[C@H](CC2CCCCC2)N2Cc3c(F)cccc3C2=O)n1. The van der Waals surface area contributed by atoms with Crippen LogP contribution in [-0.4, -0.2) is 46.3 Å². The Morgan fingerprint density at radius 1 is 1.29 bits per heavy atom. The van der Waals surface area contributed by atoms with Crippen LogP contribution < -0.4 is 5.32 Å². The van der Waals surface area contributed by atoms with Crippen molar-refractivity contribution >= 4 is 17.6 Å². The molecule has 0 unspecified atom stereocenters. The second-order valence-corrected chi connectivity index (χ2v) is 8.40. The fourth-order valence-electron chi connectivity index (χ4n) is 4.63. The number of carbonyl (C=O) groups excluding carboxylic acids is 2. The van der Waals surface area contributed by atoms with Gasteiger partial charge in [-0.05, 0) is 24.5 Å². The molecule has 1 aliphatic carbocycles. The smallest absolute Gasteiger partial charge is 0.255 e. The topological polar surface area (TPSA) is 76.5 Å². The average molecular weight is 429 g/mol. The number of fused-ring (bicyclic) bond motifs is 1. The second kappa shape index (κ2) is 9.60. The van der Waals surface area contributed by atoms with Crippen LogP contribution in [0.15, 0.2) is 30.5 Å². The van der Waals surface area contributed by atoms with E-state index in [4.69, 9.17) is 4.74 Å². The Bertz CT molecular complexity index is 939. The first-order valence-corrected chi connectivity index (χ1v) is 11.0. The molecule has 31 heavy (non-hydrogen) atoms. The summed E-state index contributed by atoms with van der Waals surface area (Å²) in [5, 5.41) is 7.23. The van der Waals surface area contributed by atoms with Crippen LogP contribution in [0.1, 0.15) is 54.4 Å². The summed E-state index contributed by atoms with van der Waals surface area (Å²) in [4.78, 5) is 27.9. The number of carbonyl (C=O) groups is 2. The molecule has 0 spiro atoms.